The Morgan fingerprint density at radius 3 is 2.38 bits per heavy atom. The number of Topliss-reactive ketones (excluding diaryl/α,β-unsaturated/α-hetero) is 1. The third-order valence-corrected chi connectivity index (χ3v) is 9.59. The third-order valence-electron chi connectivity index (χ3n) is 9.59. The molecule has 1 aliphatic heterocycles. The van der Waals surface area contributed by atoms with Crippen molar-refractivity contribution in [2.75, 3.05) is 4.90 Å². The number of fused-ring (bicyclic) bond motifs is 3. The maximum atomic E-state index is 14.1. The number of ketones is 2. The Morgan fingerprint density at radius 2 is 1.68 bits per heavy atom. The number of nitrogens with zero attached hydrogens (tertiary/aromatic N) is 1. The highest BCUT2D eigenvalue weighted by Crippen LogP contribution is 2.56. The molecule has 10 nitrogen and oxygen atoms in total. The van der Waals surface area contributed by atoms with Gasteiger partial charge in [0.15, 0.2) is 11.6 Å². The number of amides is 2. The summed E-state index contributed by atoms with van der Waals surface area (Å²) >= 11 is 0. The van der Waals surface area contributed by atoms with E-state index in [2.05, 4.69) is 0 Å². The molecule has 236 valence electrons. The first-order chi connectivity index (χ1) is 22.5. The van der Waals surface area contributed by atoms with E-state index in [1.807, 2.05) is 36.4 Å². The van der Waals surface area contributed by atoms with Gasteiger partial charge in [-0.15, -0.1) is 0 Å². The lowest BCUT2D eigenvalue weighted by Crippen LogP contribution is -2.39. The summed E-state index contributed by atoms with van der Waals surface area (Å²) in [5.41, 5.74) is 2.42. The van der Waals surface area contributed by atoms with Crippen LogP contribution >= 0.6 is 0 Å². The number of anilines is 1. The van der Waals surface area contributed by atoms with Crippen molar-refractivity contribution in [3.63, 3.8) is 0 Å². The van der Waals surface area contributed by atoms with Crippen LogP contribution in [-0.2, 0) is 25.8 Å². The van der Waals surface area contributed by atoms with E-state index in [9.17, 15) is 39.3 Å². The average Bonchev–Trinajstić information content (AvgIpc) is 3.31. The monoisotopic (exact) mass is 631 g/mol. The van der Waals surface area contributed by atoms with Gasteiger partial charge in [-0.3, -0.25) is 19.2 Å². The molecule has 0 saturated carbocycles. The highest BCUT2D eigenvalue weighted by Gasteiger charge is 2.57. The van der Waals surface area contributed by atoms with Crippen molar-refractivity contribution in [1.29, 1.82) is 0 Å². The molecule has 1 heterocycles. The van der Waals surface area contributed by atoms with Crippen LogP contribution in [-0.4, -0.2) is 44.7 Å². The number of phenols is 2. The summed E-state index contributed by atoms with van der Waals surface area (Å²) in [7, 11) is 0. The maximum absolute atomic E-state index is 14.1. The summed E-state index contributed by atoms with van der Waals surface area (Å²) in [6, 6.07) is 17.8. The van der Waals surface area contributed by atoms with Crippen molar-refractivity contribution < 1.29 is 44.0 Å². The van der Waals surface area contributed by atoms with Crippen molar-refractivity contribution >= 4 is 35.0 Å². The second-order valence-electron chi connectivity index (χ2n) is 12.2. The first-order valence-corrected chi connectivity index (χ1v) is 15.2. The Balaban J connectivity index is 1.27. The number of imide groups is 1. The quantitative estimate of drug-likeness (QED) is 0.193. The highest BCUT2D eigenvalue weighted by atomic mass is 16.5. The number of carbonyl (C=O) groups excluding carboxylic acids is 4. The number of carboxylic acid groups (broad SMARTS) is 1. The lowest BCUT2D eigenvalue weighted by Gasteiger charge is -2.42. The zero-order valence-corrected chi connectivity index (χ0v) is 25.2. The van der Waals surface area contributed by atoms with Gasteiger partial charge in [0.25, 0.3) is 0 Å². The van der Waals surface area contributed by atoms with Crippen LogP contribution in [0.15, 0.2) is 101 Å². The number of aromatic hydroxyl groups is 2. The minimum atomic E-state index is -1.36. The molecule has 47 heavy (non-hydrogen) atoms. The topological polar surface area (TPSA) is 159 Å². The molecule has 0 radical (unpaired) electrons. The van der Waals surface area contributed by atoms with Crippen LogP contribution in [0.3, 0.4) is 0 Å². The molecule has 7 rings (SSSR count). The summed E-state index contributed by atoms with van der Waals surface area (Å²) in [6.45, 7) is 1.83. The molecule has 3 aromatic rings. The van der Waals surface area contributed by atoms with Crippen LogP contribution < -0.4 is 9.64 Å². The molecule has 0 spiro atoms. The number of benzene rings is 3. The number of aromatic carboxylic acids is 1. The maximum Gasteiger partial charge on any atom is 0.339 e. The number of allylic oxidation sites excluding steroid dienone is 6. The fourth-order valence-corrected chi connectivity index (χ4v) is 7.43. The molecule has 3 aromatic carbocycles. The number of carbonyl (C=O) groups is 5. The Labute approximate surface area is 268 Å². The lowest BCUT2D eigenvalue weighted by molar-refractivity contribution is -0.123. The summed E-state index contributed by atoms with van der Waals surface area (Å²) in [6.07, 6.45) is 3.37. The predicted molar refractivity (Wildman–Crippen MR) is 168 cm³/mol. The Bertz CT molecular complexity index is 2000. The molecule has 3 aliphatic carbocycles. The first-order valence-electron chi connectivity index (χ1n) is 15.2. The summed E-state index contributed by atoms with van der Waals surface area (Å²) in [4.78, 5) is 67.3. The Hall–Kier alpha value is -5.77. The normalized spacial score (nSPS) is 23.6. The number of hydrogen-bond acceptors (Lipinski definition) is 8. The molecule has 1 fully saturated rings. The van der Waals surface area contributed by atoms with E-state index in [0.29, 0.717) is 16.9 Å². The van der Waals surface area contributed by atoms with Gasteiger partial charge in [-0.05, 0) is 55.5 Å². The smallest absolute Gasteiger partial charge is 0.339 e. The van der Waals surface area contributed by atoms with Crippen molar-refractivity contribution in [2.24, 2.45) is 17.8 Å². The Kier molecular flexibility index (Phi) is 7.15. The minimum Gasteiger partial charge on any atom is -0.507 e. The molecular weight excluding hydrogens is 602 g/mol. The van der Waals surface area contributed by atoms with Gasteiger partial charge in [0.1, 0.15) is 29.4 Å². The Morgan fingerprint density at radius 1 is 0.915 bits per heavy atom. The molecule has 1 saturated heterocycles. The van der Waals surface area contributed by atoms with Gasteiger partial charge in [0.05, 0.1) is 17.5 Å². The largest absolute Gasteiger partial charge is 0.507 e. The summed E-state index contributed by atoms with van der Waals surface area (Å²) < 4.78 is 5.89. The summed E-state index contributed by atoms with van der Waals surface area (Å²) in [5.74, 6) is -6.54. The molecule has 0 unspecified atom stereocenters. The van der Waals surface area contributed by atoms with Crippen LogP contribution in [0, 0.1) is 17.8 Å². The second kappa shape index (κ2) is 11.2. The van der Waals surface area contributed by atoms with Crippen molar-refractivity contribution in [1.82, 2.24) is 0 Å². The van der Waals surface area contributed by atoms with E-state index in [-0.39, 0.29) is 64.7 Å². The van der Waals surface area contributed by atoms with E-state index in [1.54, 1.807) is 19.1 Å². The van der Waals surface area contributed by atoms with E-state index in [4.69, 9.17) is 4.74 Å². The number of hydrogen-bond donors (Lipinski definition) is 3. The average molecular weight is 632 g/mol. The molecule has 0 aromatic heterocycles. The van der Waals surface area contributed by atoms with Crippen molar-refractivity contribution in [2.45, 2.75) is 32.3 Å². The van der Waals surface area contributed by atoms with Crippen LogP contribution in [0.4, 0.5) is 5.69 Å². The molecular formula is C37H29NO9. The third kappa shape index (κ3) is 4.84. The van der Waals surface area contributed by atoms with Gasteiger partial charge in [-0.1, -0.05) is 48.0 Å². The second-order valence-corrected chi connectivity index (χ2v) is 12.2. The number of carboxylic acids is 1. The van der Waals surface area contributed by atoms with Gasteiger partial charge in [-0.2, -0.15) is 0 Å². The van der Waals surface area contributed by atoms with Crippen LogP contribution in [0.2, 0.25) is 0 Å². The van der Waals surface area contributed by atoms with Crippen LogP contribution in [0.1, 0.15) is 47.2 Å². The van der Waals surface area contributed by atoms with Crippen molar-refractivity contribution in [3.05, 3.63) is 118 Å². The number of rotatable bonds is 6. The van der Waals surface area contributed by atoms with E-state index >= 15 is 0 Å². The SMILES string of the molecule is CC1=CC(=O)C2=C(C[C@@H]3C(=CC[C@@H]4C(=O)N(c5ccc(C(=O)O)c(O)c5)C(=O)[C@@H]43)[C@@H]2c2ccc(OCc3ccccc3)cc2O)C1=O. The minimum absolute atomic E-state index is 0.0390. The van der Waals surface area contributed by atoms with Gasteiger partial charge in [-0.25, -0.2) is 9.69 Å². The van der Waals surface area contributed by atoms with E-state index in [1.165, 1.54) is 18.2 Å². The molecule has 0 bridgehead atoms. The molecule has 4 aliphatic rings. The van der Waals surface area contributed by atoms with Gasteiger partial charge >= 0.3 is 5.97 Å². The fraction of sp³-hybridized carbons (Fsp3) is 0.216. The van der Waals surface area contributed by atoms with Crippen molar-refractivity contribution in [3.8, 4) is 17.2 Å². The number of ether oxygens (including phenoxy) is 1. The van der Waals surface area contributed by atoms with E-state index in [0.717, 1.165) is 22.6 Å². The van der Waals surface area contributed by atoms with E-state index < -0.39 is 47.2 Å². The van der Waals surface area contributed by atoms with Crippen LogP contribution in [0.25, 0.3) is 0 Å². The van der Waals surface area contributed by atoms with Gasteiger partial charge < -0.3 is 20.1 Å². The summed E-state index contributed by atoms with van der Waals surface area (Å²) in [5, 5.41) is 30.9. The predicted octanol–water partition coefficient (Wildman–Crippen LogP) is 5.01. The zero-order chi connectivity index (χ0) is 33.1. The lowest BCUT2D eigenvalue weighted by atomic mass is 9.59. The molecule has 3 N–H and O–H groups in total. The zero-order valence-electron chi connectivity index (χ0n) is 25.2. The molecule has 10 heteroatoms. The first kappa shape index (κ1) is 29.9. The molecule has 2 amide bonds. The van der Waals surface area contributed by atoms with Gasteiger partial charge in [0, 0.05) is 40.3 Å². The highest BCUT2D eigenvalue weighted by molar-refractivity contribution is 6.25. The standard InChI is InChI=1S/C37H29NO9/c1-18-13-30(41)33-27(34(18)42)16-26-22(31(33)23-10-8-21(15-29(23)40)47-17-19-5-3-2-4-6-19)11-12-25-32(26)36(44)38(35(25)43)20-7-9-24(37(45)46)28(39)14-20/h2-11,13-15,25-26,31-32,39-40H,12,16-17H2,1H3,(H,45,46)/t25-,26+,31+,32-/m0/s1. The van der Waals surface area contributed by atoms with Gasteiger partial charge in [0.2, 0.25) is 11.8 Å². The number of phenolic OH excluding ortho intramolecular Hbond substituents is 1. The fourth-order valence-electron chi connectivity index (χ4n) is 7.43. The molecule has 4 atom stereocenters. The van der Waals surface area contributed by atoms with Crippen LogP contribution in [0.5, 0.6) is 17.2 Å².